The second-order valence-corrected chi connectivity index (χ2v) is 19.7. The molecular formula is C69H51N. The van der Waals surface area contributed by atoms with Crippen LogP contribution in [0.1, 0.15) is 48.6 Å². The number of benzene rings is 11. The number of rotatable bonds is 8. The molecule has 0 radical (unpaired) electrons. The van der Waals surface area contributed by atoms with Gasteiger partial charge in [-0.1, -0.05) is 238 Å². The molecule has 0 fully saturated rings. The average molecular weight is 894 g/mol. The van der Waals surface area contributed by atoms with E-state index >= 15 is 0 Å². The number of fused-ring (bicyclic) bond motifs is 7. The van der Waals surface area contributed by atoms with Crippen molar-refractivity contribution in [3.05, 3.63) is 283 Å². The summed E-state index contributed by atoms with van der Waals surface area (Å²) >= 11 is 0. The zero-order valence-corrected chi connectivity index (χ0v) is 39.7. The summed E-state index contributed by atoms with van der Waals surface area (Å²) in [5.41, 5.74) is 24.5. The summed E-state index contributed by atoms with van der Waals surface area (Å²) in [6, 6.07) is 94.6. The van der Waals surface area contributed by atoms with E-state index in [1.54, 1.807) is 0 Å². The summed E-state index contributed by atoms with van der Waals surface area (Å²) < 4.78 is 0. The molecule has 1 heteroatoms. The topological polar surface area (TPSA) is 3.24 Å². The Kier molecular flexibility index (Phi) is 9.71. The minimum atomic E-state index is -0.319. The highest BCUT2D eigenvalue weighted by atomic mass is 15.1. The Hall–Kier alpha value is -8.52. The van der Waals surface area contributed by atoms with Gasteiger partial charge in [-0.05, 0) is 131 Å². The molecule has 0 bridgehead atoms. The van der Waals surface area contributed by atoms with Gasteiger partial charge in [0.15, 0.2) is 0 Å². The number of nitrogens with zero attached hydrogens (tertiary/aromatic N) is 1. The zero-order valence-electron chi connectivity index (χ0n) is 39.7. The van der Waals surface area contributed by atoms with Gasteiger partial charge in [-0.15, -0.1) is 0 Å². The second kappa shape index (κ2) is 16.3. The molecule has 0 saturated carbocycles. The first-order chi connectivity index (χ1) is 34.4. The SMILES string of the molecule is CC1(C)c2ccccc2-c2c(-c3ccccc3N(c3ccc(-c4cccc5cccc(-c6ccccc6)c45)cc3)c3ccccc3-c3ccc4c(c3)C(C)(c3ccccc3)c3ccccc3-4)cccc21. The molecular weight excluding hydrogens is 843 g/mol. The van der Waals surface area contributed by atoms with E-state index in [2.05, 4.69) is 280 Å². The van der Waals surface area contributed by atoms with E-state index in [0.29, 0.717) is 0 Å². The summed E-state index contributed by atoms with van der Waals surface area (Å²) in [6.07, 6.45) is 0. The molecule has 0 spiro atoms. The molecule has 0 heterocycles. The van der Waals surface area contributed by atoms with E-state index in [1.807, 2.05) is 0 Å². The summed E-state index contributed by atoms with van der Waals surface area (Å²) in [6.45, 7) is 7.14. The monoisotopic (exact) mass is 893 g/mol. The Bertz CT molecular complexity index is 3800. The van der Waals surface area contributed by atoms with Crippen molar-refractivity contribution in [2.75, 3.05) is 4.90 Å². The van der Waals surface area contributed by atoms with Crippen molar-refractivity contribution in [3.63, 3.8) is 0 Å². The molecule has 1 atom stereocenters. The number of para-hydroxylation sites is 2. The lowest BCUT2D eigenvalue weighted by Crippen LogP contribution is -2.22. The van der Waals surface area contributed by atoms with Crippen LogP contribution in [0.3, 0.4) is 0 Å². The van der Waals surface area contributed by atoms with Gasteiger partial charge in [0.2, 0.25) is 0 Å². The van der Waals surface area contributed by atoms with E-state index in [-0.39, 0.29) is 10.8 Å². The van der Waals surface area contributed by atoms with Gasteiger partial charge in [-0.25, -0.2) is 0 Å². The van der Waals surface area contributed by atoms with Crippen LogP contribution in [0, 0.1) is 0 Å². The van der Waals surface area contributed by atoms with Crippen molar-refractivity contribution in [2.45, 2.75) is 31.6 Å². The van der Waals surface area contributed by atoms with Gasteiger partial charge in [0, 0.05) is 27.6 Å². The largest absolute Gasteiger partial charge is 0.309 e. The lowest BCUT2D eigenvalue weighted by Gasteiger charge is -2.31. The van der Waals surface area contributed by atoms with E-state index < -0.39 is 0 Å². The van der Waals surface area contributed by atoms with Crippen LogP contribution in [-0.2, 0) is 10.8 Å². The van der Waals surface area contributed by atoms with Crippen LogP contribution in [0.4, 0.5) is 17.1 Å². The van der Waals surface area contributed by atoms with E-state index in [1.165, 1.54) is 105 Å². The van der Waals surface area contributed by atoms with Gasteiger partial charge < -0.3 is 4.90 Å². The van der Waals surface area contributed by atoms with Crippen LogP contribution in [0.25, 0.3) is 77.5 Å². The average Bonchev–Trinajstić information content (AvgIpc) is 3.83. The molecule has 0 aromatic heterocycles. The maximum absolute atomic E-state index is 2.51. The quantitative estimate of drug-likeness (QED) is 0.147. The smallest absolute Gasteiger partial charge is 0.0540 e. The predicted molar refractivity (Wildman–Crippen MR) is 295 cm³/mol. The zero-order chi connectivity index (χ0) is 47.0. The summed E-state index contributed by atoms with van der Waals surface area (Å²) in [5, 5.41) is 2.49. The molecule has 2 aliphatic rings. The minimum absolute atomic E-state index is 0.123. The van der Waals surface area contributed by atoms with Crippen molar-refractivity contribution in [1.82, 2.24) is 0 Å². The van der Waals surface area contributed by atoms with E-state index in [4.69, 9.17) is 0 Å². The van der Waals surface area contributed by atoms with Crippen molar-refractivity contribution < 1.29 is 0 Å². The molecule has 11 aromatic carbocycles. The van der Waals surface area contributed by atoms with Crippen molar-refractivity contribution in [3.8, 4) is 66.8 Å². The fraction of sp³-hybridized carbons (Fsp3) is 0.0725. The number of anilines is 3. The second-order valence-electron chi connectivity index (χ2n) is 19.7. The molecule has 0 aliphatic heterocycles. The third-order valence-electron chi connectivity index (χ3n) is 15.6. The number of hydrogen-bond acceptors (Lipinski definition) is 1. The molecule has 332 valence electrons. The van der Waals surface area contributed by atoms with Crippen LogP contribution in [0.2, 0.25) is 0 Å². The maximum Gasteiger partial charge on any atom is 0.0540 e. The fourth-order valence-electron chi connectivity index (χ4n) is 12.2. The van der Waals surface area contributed by atoms with Gasteiger partial charge in [0.05, 0.1) is 11.4 Å². The molecule has 1 nitrogen and oxygen atoms in total. The Labute approximate surface area is 411 Å². The van der Waals surface area contributed by atoms with Crippen molar-refractivity contribution in [1.29, 1.82) is 0 Å². The molecule has 2 aliphatic carbocycles. The lowest BCUT2D eigenvalue weighted by atomic mass is 9.74. The van der Waals surface area contributed by atoms with Gasteiger partial charge in [0.1, 0.15) is 0 Å². The minimum Gasteiger partial charge on any atom is -0.309 e. The highest BCUT2D eigenvalue weighted by Crippen LogP contribution is 2.56. The number of hydrogen-bond donors (Lipinski definition) is 0. The van der Waals surface area contributed by atoms with Crippen molar-refractivity contribution in [2.24, 2.45) is 0 Å². The van der Waals surface area contributed by atoms with E-state index in [9.17, 15) is 0 Å². The van der Waals surface area contributed by atoms with Crippen LogP contribution >= 0.6 is 0 Å². The Morgan fingerprint density at radius 2 is 0.786 bits per heavy atom. The summed E-state index contributed by atoms with van der Waals surface area (Å²) in [7, 11) is 0. The highest BCUT2D eigenvalue weighted by Gasteiger charge is 2.41. The van der Waals surface area contributed by atoms with Gasteiger partial charge in [-0.2, -0.15) is 0 Å². The Balaban J connectivity index is 1.02. The molecule has 13 rings (SSSR count). The third kappa shape index (κ3) is 6.39. The molecule has 0 saturated heterocycles. The first-order valence-corrected chi connectivity index (χ1v) is 24.6. The maximum atomic E-state index is 2.51. The Morgan fingerprint density at radius 3 is 1.50 bits per heavy atom. The van der Waals surface area contributed by atoms with Crippen molar-refractivity contribution >= 4 is 27.8 Å². The first-order valence-electron chi connectivity index (χ1n) is 24.6. The normalized spacial score (nSPS) is 15.0. The molecule has 1 unspecified atom stereocenters. The predicted octanol–water partition coefficient (Wildman–Crippen LogP) is 18.6. The van der Waals surface area contributed by atoms with E-state index in [0.717, 1.165) is 17.1 Å². The summed E-state index contributed by atoms with van der Waals surface area (Å²) in [4.78, 5) is 2.51. The standard InChI is InChI=1S/C69H51N/c1-68(2)60-34-14-11-30-59(60)67-58(33-20-36-62(67)68)57-29-13-17-38-65(57)70(51-42-39-47(40-43-51)54-32-19-24-48-23-18-31-53(66(48)54)46-21-6-4-7-22-46)64-37-16-12-27-52(64)49-41-44-56-55-28-10-15-35-61(55)69(3,63(56)45-49)50-25-8-5-9-26-50/h4-45H,1-3H3. The van der Waals surface area contributed by atoms with Crippen LogP contribution in [0.5, 0.6) is 0 Å². The molecule has 11 aromatic rings. The Morgan fingerprint density at radius 1 is 0.300 bits per heavy atom. The summed E-state index contributed by atoms with van der Waals surface area (Å²) in [5.74, 6) is 0. The first kappa shape index (κ1) is 41.7. The van der Waals surface area contributed by atoms with Gasteiger partial charge >= 0.3 is 0 Å². The van der Waals surface area contributed by atoms with Crippen LogP contribution in [-0.4, -0.2) is 0 Å². The van der Waals surface area contributed by atoms with Crippen LogP contribution < -0.4 is 4.90 Å². The lowest BCUT2D eigenvalue weighted by molar-refractivity contribution is 0.660. The molecule has 0 N–H and O–H groups in total. The molecule has 70 heavy (non-hydrogen) atoms. The van der Waals surface area contributed by atoms with Gasteiger partial charge in [0.25, 0.3) is 0 Å². The fourth-order valence-corrected chi connectivity index (χ4v) is 12.2. The third-order valence-corrected chi connectivity index (χ3v) is 15.6. The molecule has 0 amide bonds. The highest BCUT2D eigenvalue weighted by molar-refractivity contribution is 6.07. The van der Waals surface area contributed by atoms with Gasteiger partial charge in [-0.3, -0.25) is 0 Å². The van der Waals surface area contributed by atoms with Crippen LogP contribution in [0.15, 0.2) is 255 Å².